The van der Waals surface area contributed by atoms with Gasteiger partial charge in [-0.1, -0.05) is 0 Å². The van der Waals surface area contributed by atoms with Crippen LogP contribution in [0.5, 0.6) is 0 Å². The lowest BCUT2D eigenvalue weighted by Crippen LogP contribution is -2.41. The zero-order valence-electron chi connectivity index (χ0n) is 8.27. The molecular weight excluding hydrogens is 225 g/mol. The third-order valence-electron chi connectivity index (χ3n) is 1.68. The number of nitrogens with zero attached hydrogens (tertiary/aromatic N) is 1. The molecule has 0 saturated carbocycles. The number of aromatic amines is 1. The number of urea groups is 1. The fourth-order valence-electron chi connectivity index (χ4n) is 0.975. The summed E-state index contributed by atoms with van der Waals surface area (Å²) < 4.78 is 35.1. The van der Waals surface area contributed by atoms with Crippen LogP contribution in [-0.2, 0) is 6.42 Å². The zero-order chi connectivity index (χ0) is 12.0. The number of rotatable bonds is 4. The van der Waals surface area contributed by atoms with Gasteiger partial charge >= 0.3 is 12.2 Å². The van der Waals surface area contributed by atoms with Crippen LogP contribution in [0.2, 0.25) is 0 Å². The van der Waals surface area contributed by atoms with Crippen molar-refractivity contribution in [1.29, 1.82) is 0 Å². The molecule has 2 amide bonds. The molecule has 0 atom stereocenters. The number of alkyl halides is 3. The Labute approximate surface area is 89.4 Å². The lowest BCUT2D eigenvalue weighted by atomic mass is 10.3. The average Bonchev–Trinajstić information content (AvgIpc) is 2.66. The van der Waals surface area contributed by atoms with Gasteiger partial charge in [-0.25, -0.2) is 9.78 Å². The van der Waals surface area contributed by atoms with E-state index in [1.165, 1.54) is 6.33 Å². The van der Waals surface area contributed by atoms with Gasteiger partial charge in [-0.2, -0.15) is 13.2 Å². The summed E-state index contributed by atoms with van der Waals surface area (Å²) in [6.45, 7) is -1.09. The number of aromatic nitrogens is 2. The minimum atomic E-state index is -4.39. The molecule has 5 nitrogen and oxygen atoms in total. The molecule has 0 aliphatic rings. The van der Waals surface area contributed by atoms with E-state index in [0.717, 1.165) is 5.69 Å². The summed E-state index contributed by atoms with van der Waals surface area (Å²) in [5, 5.41) is 4.00. The molecule has 0 spiro atoms. The minimum absolute atomic E-state index is 0.242. The maximum atomic E-state index is 11.7. The number of hydrogen-bond donors (Lipinski definition) is 3. The van der Waals surface area contributed by atoms with Gasteiger partial charge in [-0.05, 0) is 0 Å². The van der Waals surface area contributed by atoms with Crippen molar-refractivity contribution in [3.8, 4) is 0 Å². The number of hydrogen-bond acceptors (Lipinski definition) is 2. The number of amides is 2. The summed E-state index contributed by atoms with van der Waals surface area (Å²) in [6.07, 6.45) is -0.839. The lowest BCUT2D eigenvalue weighted by Gasteiger charge is -2.09. The zero-order valence-corrected chi connectivity index (χ0v) is 8.27. The van der Waals surface area contributed by atoms with Gasteiger partial charge in [0.05, 0.1) is 6.33 Å². The van der Waals surface area contributed by atoms with Crippen molar-refractivity contribution in [3.05, 3.63) is 18.2 Å². The molecule has 90 valence electrons. The van der Waals surface area contributed by atoms with Crippen molar-refractivity contribution < 1.29 is 18.0 Å². The maximum Gasteiger partial charge on any atom is 0.405 e. The van der Waals surface area contributed by atoms with Gasteiger partial charge in [-0.15, -0.1) is 0 Å². The van der Waals surface area contributed by atoms with Crippen LogP contribution in [-0.4, -0.2) is 35.3 Å². The van der Waals surface area contributed by atoms with Gasteiger partial charge in [0.1, 0.15) is 6.54 Å². The number of H-pyrrole nitrogens is 1. The number of imidazole rings is 1. The molecule has 8 heteroatoms. The first-order valence-corrected chi connectivity index (χ1v) is 4.53. The molecular formula is C8H11F3N4O. The molecule has 0 unspecified atom stereocenters. The fourth-order valence-corrected chi connectivity index (χ4v) is 0.975. The van der Waals surface area contributed by atoms with Gasteiger partial charge in [0.25, 0.3) is 0 Å². The molecule has 1 aromatic heterocycles. The van der Waals surface area contributed by atoms with E-state index >= 15 is 0 Å². The number of carbonyl (C=O) groups excluding carboxylic acids is 1. The number of carbonyl (C=O) groups is 1. The van der Waals surface area contributed by atoms with Crippen molar-refractivity contribution in [3.63, 3.8) is 0 Å². The summed E-state index contributed by atoms with van der Waals surface area (Å²) >= 11 is 0. The Morgan fingerprint density at radius 1 is 1.44 bits per heavy atom. The third-order valence-corrected chi connectivity index (χ3v) is 1.68. The van der Waals surface area contributed by atoms with Gasteiger partial charge in [0.15, 0.2) is 0 Å². The Morgan fingerprint density at radius 2 is 2.19 bits per heavy atom. The van der Waals surface area contributed by atoms with E-state index in [2.05, 4.69) is 15.3 Å². The van der Waals surface area contributed by atoms with E-state index in [1.807, 2.05) is 0 Å². The van der Waals surface area contributed by atoms with Crippen LogP contribution in [0.4, 0.5) is 18.0 Å². The summed E-state index contributed by atoms with van der Waals surface area (Å²) in [5.74, 6) is 0. The first-order chi connectivity index (χ1) is 7.47. The fraction of sp³-hybridized carbons (Fsp3) is 0.500. The van der Waals surface area contributed by atoms with Gasteiger partial charge in [0.2, 0.25) is 0 Å². The molecule has 0 aromatic carbocycles. The second-order valence-electron chi connectivity index (χ2n) is 3.05. The predicted octanol–water partition coefficient (Wildman–Crippen LogP) is 0.814. The minimum Gasteiger partial charge on any atom is -0.348 e. The van der Waals surface area contributed by atoms with Crippen molar-refractivity contribution in [2.24, 2.45) is 0 Å². The molecule has 0 aliphatic carbocycles. The Bertz CT molecular complexity index is 323. The second kappa shape index (κ2) is 5.38. The number of nitrogens with one attached hydrogen (secondary N) is 3. The standard InChI is InChI=1S/C8H11F3N4O/c9-8(10,11)4-14-7(16)13-2-1-6-3-12-5-15-6/h3,5H,1-2,4H2,(H,12,15)(H2,13,14,16). The van der Waals surface area contributed by atoms with Crippen molar-refractivity contribution in [2.75, 3.05) is 13.1 Å². The first-order valence-electron chi connectivity index (χ1n) is 4.53. The third kappa shape index (κ3) is 5.23. The molecule has 3 N–H and O–H groups in total. The normalized spacial score (nSPS) is 11.2. The molecule has 0 radical (unpaired) electrons. The lowest BCUT2D eigenvalue weighted by molar-refractivity contribution is -0.122. The van der Waals surface area contributed by atoms with E-state index in [4.69, 9.17) is 0 Å². The molecule has 0 bridgehead atoms. The van der Waals surface area contributed by atoms with Crippen molar-refractivity contribution >= 4 is 6.03 Å². The molecule has 1 heterocycles. The second-order valence-corrected chi connectivity index (χ2v) is 3.05. The summed E-state index contributed by atoms with van der Waals surface area (Å²) in [4.78, 5) is 17.4. The topological polar surface area (TPSA) is 69.8 Å². The number of halogens is 3. The Hall–Kier alpha value is -1.73. The molecule has 0 saturated heterocycles. The summed E-state index contributed by atoms with van der Waals surface area (Å²) in [5.41, 5.74) is 0.802. The van der Waals surface area contributed by atoms with E-state index in [1.54, 1.807) is 11.5 Å². The van der Waals surface area contributed by atoms with Crippen LogP contribution < -0.4 is 10.6 Å². The quantitative estimate of drug-likeness (QED) is 0.724. The highest BCUT2D eigenvalue weighted by Gasteiger charge is 2.27. The Balaban J connectivity index is 2.11. The van der Waals surface area contributed by atoms with E-state index < -0.39 is 18.8 Å². The molecule has 0 fully saturated rings. The highest BCUT2D eigenvalue weighted by Crippen LogP contribution is 2.11. The largest absolute Gasteiger partial charge is 0.405 e. The van der Waals surface area contributed by atoms with E-state index in [9.17, 15) is 18.0 Å². The van der Waals surface area contributed by atoms with Crippen LogP contribution in [0, 0.1) is 0 Å². The van der Waals surface area contributed by atoms with Crippen molar-refractivity contribution in [2.45, 2.75) is 12.6 Å². The van der Waals surface area contributed by atoms with Crippen molar-refractivity contribution in [1.82, 2.24) is 20.6 Å². The molecule has 0 aliphatic heterocycles. The average molecular weight is 236 g/mol. The van der Waals surface area contributed by atoms with Gasteiger partial charge < -0.3 is 15.6 Å². The highest BCUT2D eigenvalue weighted by molar-refractivity contribution is 5.73. The smallest absolute Gasteiger partial charge is 0.348 e. The Kier molecular flexibility index (Phi) is 4.15. The predicted molar refractivity (Wildman–Crippen MR) is 49.7 cm³/mol. The van der Waals surface area contributed by atoms with Crippen LogP contribution in [0.3, 0.4) is 0 Å². The SMILES string of the molecule is O=C(NCCc1cnc[nH]1)NCC(F)(F)F. The monoisotopic (exact) mass is 236 g/mol. The van der Waals surface area contributed by atoms with E-state index in [0.29, 0.717) is 6.42 Å². The molecule has 1 rings (SSSR count). The van der Waals surface area contributed by atoms with Crippen LogP contribution >= 0.6 is 0 Å². The maximum absolute atomic E-state index is 11.7. The first kappa shape index (κ1) is 12.3. The van der Waals surface area contributed by atoms with Crippen LogP contribution in [0.15, 0.2) is 12.5 Å². The van der Waals surface area contributed by atoms with Crippen LogP contribution in [0.1, 0.15) is 5.69 Å². The van der Waals surface area contributed by atoms with Gasteiger partial charge in [0, 0.05) is 24.9 Å². The molecule has 16 heavy (non-hydrogen) atoms. The van der Waals surface area contributed by atoms with Crippen LogP contribution in [0.25, 0.3) is 0 Å². The molecule has 1 aromatic rings. The Morgan fingerprint density at radius 3 is 2.75 bits per heavy atom. The summed E-state index contributed by atoms with van der Waals surface area (Å²) in [7, 11) is 0. The van der Waals surface area contributed by atoms with Gasteiger partial charge in [-0.3, -0.25) is 0 Å². The highest BCUT2D eigenvalue weighted by atomic mass is 19.4. The summed E-state index contributed by atoms with van der Waals surface area (Å²) in [6, 6.07) is -0.836. The van der Waals surface area contributed by atoms with E-state index in [-0.39, 0.29) is 6.54 Å².